The zero-order valence-corrected chi connectivity index (χ0v) is 10.7. The molecule has 1 aliphatic heterocycles. The van der Waals surface area contributed by atoms with E-state index in [2.05, 4.69) is 18.9 Å². The molecule has 0 N–H and O–H groups in total. The van der Waals surface area contributed by atoms with Crippen LogP contribution in [0, 0.1) is 5.92 Å². The van der Waals surface area contributed by atoms with E-state index in [1.165, 1.54) is 51.6 Å². The monoisotopic (exact) mass is 199 g/mol. The minimum Gasteiger partial charge on any atom is -0.306 e. The van der Waals surface area contributed by atoms with Gasteiger partial charge in [0.1, 0.15) is 0 Å². The molecule has 0 bridgehead atoms. The van der Waals surface area contributed by atoms with Gasteiger partial charge in [0.05, 0.1) is 0 Å². The fraction of sp³-hybridized carbons (Fsp3) is 1.00. The van der Waals surface area contributed by atoms with Crippen LogP contribution in [-0.2, 0) is 0 Å². The molecular formula is C13H29N. The maximum atomic E-state index is 2.49. The van der Waals surface area contributed by atoms with Gasteiger partial charge in [0.2, 0.25) is 0 Å². The fourth-order valence-electron chi connectivity index (χ4n) is 2.19. The van der Waals surface area contributed by atoms with Gasteiger partial charge < -0.3 is 4.90 Å². The van der Waals surface area contributed by atoms with Crippen molar-refractivity contribution in [3.63, 3.8) is 0 Å². The Hall–Kier alpha value is -0.0400. The van der Waals surface area contributed by atoms with Crippen molar-refractivity contribution < 1.29 is 0 Å². The third-order valence-electron chi connectivity index (χ3n) is 2.94. The van der Waals surface area contributed by atoms with Crippen LogP contribution in [0.25, 0.3) is 0 Å². The normalized spacial score (nSPS) is 22.7. The molecular weight excluding hydrogens is 170 g/mol. The Morgan fingerprint density at radius 2 is 1.93 bits per heavy atom. The molecule has 0 amide bonds. The Kier molecular flexibility index (Phi) is 9.49. The molecule has 1 fully saturated rings. The summed E-state index contributed by atoms with van der Waals surface area (Å²) in [5, 5.41) is 0. The molecule has 0 aromatic carbocycles. The van der Waals surface area contributed by atoms with Gasteiger partial charge >= 0.3 is 0 Å². The van der Waals surface area contributed by atoms with Crippen LogP contribution in [0.5, 0.6) is 0 Å². The van der Waals surface area contributed by atoms with E-state index in [9.17, 15) is 0 Å². The van der Waals surface area contributed by atoms with Gasteiger partial charge in [-0.05, 0) is 38.8 Å². The number of piperidine rings is 1. The van der Waals surface area contributed by atoms with E-state index in [4.69, 9.17) is 0 Å². The lowest BCUT2D eigenvalue weighted by atomic mass is 9.93. The topological polar surface area (TPSA) is 3.24 Å². The number of hydrogen-bond acceptors (Lipinski definition) is 1. The van der Waals surface area contributed by atoms with Crippen LogP contribution in [0.2, 0.25) is 0 Å². The minimum atomic E-state index is 1.01. The minimum absolute atomic E-state index is 1.01. The molecule has 0 aromatic rings. The number of nitrogens with zero attached hydrogens (tertiary/aromatic N) is 1. The Balaban J connectivity index is 0.000000791. The second-order valence-corrected chi connectivity index (χ2v) is 4.27. The first kappa shape index (κ1) is 14.0. The quantitative estimate of drug-likeness (QED) is 0.620. The Labute approximate surface area is 90.9 Å². The van der Waals surface area contributed by atoms with Crippen LogP contribution in [0.1, 0.15) is 59.3 Å². The average Bonchev–Trinajstić information content (AvgIpc) is 2.21. The highest BCUT2D eigenvalue weighted by Crippen LogP contribution is 2.20. The molecule has 1 heteroatoms. The van der Waals surface area contributed by atoms with Gasteiger partial charge in [-0.2, -0.15) is 0 Å². The summed E-state index contributed by atoms with van der Waals surface area (Å²) in [5.74, 6) is 1.01. The van der Waals surface area contributed by atoms with Crippen molar-refractivity contribution in [3.8, 4) is 0 Å². The van der Waals surface area contributed by atoms with E-state index in [1.807, 2.05) is 13.8 Å². The molecule has 1 heterocycles. The smallest absolute Gasteiger partial charge is 0.000661 e. The van der Waals surface area contributed by atoms with Crippen molar-refractivity contribution in [2.45, 2.75) is 59.3 Å². The molecule has 1 saturated heterocycles. The largest absolute Gasteiger partial charge is 0.306 e. The van der Waals surface area contributed by atoms with Gasteiger partial charge in [-0.25, -0.2) is 0 Å². The highest BCUT2D eigenvalue weighted by atomic mass is 15.1. The summed E-state index contributed by atoms with van der Waals surface area (Å²) in [6.07, 6.45) is 8.62. The lowest BCUT2D eigenvalue weighted by molar-refractivity contribution is 0.199. The standard InChI is InChI=1S/C11H23N.C2H6/c1-3-4-5-7-11-8-6-9-12(2)10-11;1-2/h11H,3-10H2,1-2H3;1-2H3. The van der Waals surface area contributed by atoms with Crippen molar-refractivity contribution in [1.29, 1.82) is 0 Å². The van der Waals surface area contributed by atoms with Gasteiger partial charge in [0.15, 0.2) is 0 Å². The lowest BCUT2D eigenvalue weighted by Gasteiger charge is -2.29. The number of unbranched alkanes of at least 4 members (excludes halogenated alkanes) is 2. The Morgan fingerprint density at radius 1 is 1.21 bits per heavy atom. The van der Waals surface area contributed by atoms with E-state index in [0.29, 0.717) is 0 Å². The lowest BCUT2D eigenvalue weighted by Crippen LogP contribution is -2.31. The van der Waals surface area contributed by atoms with Crippen molar-refractivity contribution in [3.05, 3.63) is 0 Å². The summed E-state index contributed by atoms with van der Waals surface area (Å²) in [6.45, 7) is 8.96. The fourth-order valence-corrected chi connectivity index (χ4v) is 2.19. The number of rotatable bonds is 4. The highest BCUT2D eigenvalue weighted by molar-refractivity contribution is 4.70. The highest BCUT2D eigenvalue weighted by Gasteiger charge is 2.15. The van der Waals surface area contributed by atoms with E-state index in [1.54, 1.807) is 0 Å². The SMILES string of the molecule is CC.CCCCCC1CCCN(C)C1. The van der Waals surface area contributed by atoms with Crippen molar-refractivity contribution in [2.75, 3.05) is 20.1 Å². The van der Waals surface area contributed by atoms with Gasteiger partial charge in [-0.3, -0.25) is 0 Å². The molecule has 1 aliphatic rings. The maximum Gasteiger partial charge on any atom is 0.000661 e. The summed E-state index contributed by atoms with van der Waals surface area (Å²) >= 11 is 0. The second-order valence-electron chi connectivity index (χ2n) is 4.27. The summed E-state index contributed by atoms with van der Waals surface area (Å²) in [4.78, 5) is 2.49. The molecule has 0 saturated carbocycles. The number of likely N-dealkylation sites (tertiary alicyclic amines) is 1. The zero-order chi connectivity index (χ0) is 10.8. The van der Waals surface area contributed by atoms with Crippen LogP contribution in [0.3, 0.4) is 0 Å². The molecule has 14 heavy (non-hydrogen) atoms. The van der Waals surface area contributed by atoms with E-state index in [0.717, 1.165) is 5.92 Å². The maximum absolute atomic E-state index is 2.49. The molecule has 1 nitrogen and oxygen atoms in total. The molecule has 1 atom stereocenters. The third kappa shape index (κ3) is 6.42. The van der Waals surface area contributed by atoms with Crippen LogP contribution in [-0.4, -0.2) is 25.0 Å². The van der Waals surface area contributed by atoms with Crippen molar-refractivity contribution in [2.24, 2.45) is 5.92 Å². The summed E-state index contributed by atoms with van der Waals surface area (Å²) < 4.78 is 0. The Bertz CT molecular complexity index is 112. The molecule has 1 rings (SSSR count). The average molecular weight is 199 g/mol. The molecule has 0 radical (unpaired) electrons. The summed E-state index contributed by atoms with van der Waals surface area (Å²) in [6, 6.07) is 0. The van der Waals surface area contributed by atoms with Crippen LogP contribution < -0.4 is 0 Å². The molecule has 0 aromatic heterocycles. The summed E-state index contributed by atoms with van der Waals surface area (Å²) in [7, 11) is 2.26. The predicted molar refractivity (Wildman–Crippen MR) is 65.7 cm³/mol. The first-order valence-corrected chi connectivity index (χ1v) is 6.51. The van der Waals surface area contributed by atoms with E-state index >= 15 is 0 Å². The van der Waals surface area contributed by atoms with E-state index < -0.39 is 0 Å². The van der Waals surface area contributed by atoms with Crippen LogP contribution in [0.15, 0.2) is 0 Å². The first-order valence-electron chi connectivity index (χ1n) is 6.51. The van der Waals surface area contributed by atoms with Crippen LogP contribution in [0.4, 0.5) is 0 Å². The third-order valence-corrected chi connectivity index (χ3v) is 2.94. The Morgan fingerprint density at radius 3 is 2.50 bits per heavy atom. The summed E-state index contributed by atoms with van der Waals surface area (Å²) in [5.41, 5.74) is 0. The van der Waals surface area contributed by atoms with Crippen molar-refractivity contribution >= 4 is 0 Å². The van der Waals surface area contributed by atoms with Gasteiger partial charge in [-0.1, -0.05) is 40.0 Å². The first-order chi connectivity index (χ1) is 6.83. The van der Waals surface area contributed by atoms with Gasteiger partial charge in [0, 0.05) is 6.54 Å². The predicted octanol–water partition coefficient (Wildman–Crippen LogP) is 3.93. The number of hydrogen-bond donors (Lipinski definition) is 0. The van der Waals surface area contributed by atoms with E-state index in [-0.39, 0.29) is 0 Å². The van der Waals surface area contributed by atoms with Gasteiger partial charge in [-0.15, -0.1) is 0 Å². The van der Waals surface area contributed by atoms with Crippen LogP contribution >= 0.6 is 0 Å². The second kappa shape index (κ2) is 9.51. The zero-order valence-electron chi connectivity index (χ0n) is 10.7. The molecule has 0 aliphatic carbocycles. The molecule has 1 unspecified atom stereocenters. The van der Waals surface area contributed by atoms with Crippen molar-refractivity contribution in [1.82, 2.24) is 4.90 Å². The van der Waals surface area contributed by atoms with Gasteiger partial charge in [0.25, 0.3) is 0 Å². The molecule has 86 valence electrons. The molecule has 0 spiro atoms.